The van der Waals surface area contributed by atoms with Crippen LogP contribution in [0.3, 0.4) is 0 Å². The summed E-state index contributed by atoms with van der Waals surface area (Å²) in [6, 6.07) is -7.07. The van der Waals surface area contributed by atoms with Crippen molar-refractivity contribution in [3.8, 4) is 5.75 Å². The molecule has 28 nitrogen and oxygen atoms in total. The summed E-state index contributed by atoms with van der Waals surface area (Å²) >= 11 is 4.07. The van der Waals surface area contributed by atoms with Gasteiger partial charge in [0.25, 0.3) is 0 Å². The Morgan fingerprint density at radius 3 is 1.59 bits per heavy atom. The van der Waals surface area contributed by atoms with E-state index in [1.165, 1.54) is 49.9 Å². The number of primary amides is 2. The van der Waals surface area contributed by atoms with E-state index in [2.05, 4.69) is 49.8 Å². The van der Waals surface area contributed by atoms with Gasteiger partial charge in [-0.25, -0.2) is 0 Å². The largest absolute Gasteiger partial charge is 0.508 e. The number of phenols is 1. The second-order valence-electron chi connectivity index (χ2n) is 18.0. The zero-order valence-corrected chi connectivity index (χ0v) is 42.0. The molecule has 1 aromatic carbocycles. The molecule has 2 fully saturated rings. The van der Waals surface area contributed by atoms with Crippen LogP contribution in [-0.2, 0) is 64.0 Å². The van der Waals surface area contributed by atoms with E-state index >= 15 is 0 Å². The second kappa shape index (κ2) is 29.0. The van der Waals surface area contributed by atoms with Gasteiger partial charge in [-0.3, -0.25) is 57.5 Å². The van der Waals surface area contributed by atoms with Gasteiger partial charge in [0.05, 0.1) is 18.8 Å². The van der Waals surface area contributed by atoms with Gasteiger partial charge in [-0.05, 0) is 77.0 Å². The quantitative estimate of drug-likeness (QED) is 0.0347. The standard InChI is InChI=1S/C45H68N12O16S/c1-21(45(72)73)50-40(67)29(20-74)54-42(69)31-7-5-17-57(31)44(71)36(23(3)59)55-34(63)19-49-37(64)26(12-14-32(46)61)51-38(65)27(13-15-33(47)62)52-39(66)28(18-24-8-10-25(60)11-9-24)53-41(68)30-6-4-16-56(30)43(70)35(48)22(2)58/h8-11,21-23,26-31,35-36,58-60,74H,4-7,12-20,48H2,1-3H3,(H2,46,61)(H2,47,62)(H,49,64)(H,50,67)(H,51,65)(H,52,66)(H,53,68)(H,54,69)(H,55,63)(H,72,73)/t21-,22+,23+,26-,27-,28-,29-,30-,31-,35-,36-/m0/s1. The van der Waals surface area contributed by atoms with Crippen molar-refractivity contribution in [1.82, 2.24) is 47.0 Å². The first-order chi connectivity index (χ1) is 34.7. The number of nitrogens with zero attached hydrogens (tertiary/aromatic N) is 2. The molecule has 0 bridgehead atoms. The van der Waals surface area contributed by atoms with Gasteiger partial charge < -0.3 is 84.6 Å². The van der Waals surface area contributed by atoms with Crippen LogP contribution in [0.1, 0.15) is 77.7 Å². The Labute approximate surface area is 430 Å². The molecule has 410 valence electrons. The number of aliphatic hydroxyl groups excluding tert-OH is 2. The number of carboxylic acid groups (broad SMARTS) is 1. The molecule has 0 spiro atoms. The highest BCUT2D eigenvalue weighted by Gasteiger charge is 2.42. The summed E-state index contributed by atoms with van der Waals surface area (Å²) in [4.78, 5) is 159. The molecule has 2 saturated heterocycles. The van der Waals surface area contributed by atoms with Crippen molar-refractivity contribution >= 4 is 83.6 Å². The number of aliphatic carboxylic acids is 1. The van der Waals surface area contributed by atoms with E-state index in [-0.39, 0.29) is 43.9 Å². The summed E-state index contributed by atoms with van der Waals surface area (Å²) in [6.45, 7) is 2.94. The van der Waals surface area contributed by atoms with Crippen molar-refractivity contribution < 1.29 is 78.0 Å². The third-order valence-corrected chi connectivity index (χ3v) is 12.5. The van der Waals surface area contributed by atoms with Gasteiger partial charge in [-0.1, -0.05) is 12.1 Å². The van der Waals surface area contributed by atoms with Crippen LogP contribution in [0.4, 0.5) is 0 Å². The Balaban J connectivity index is 1.78. The first-order valence-corrected chi connectivity index (χ1v) is 24.4. The summed E-state index contributed by atoms with van der Waals surface area (Å²) < 4.78 is 0. The molecule has 3 rings (SSSR count). The number of nitrogens with one attached hydrogen (secondary N) is 7. The van der Waals surface area contributed by atoms with Crippen LogP contribution in [0.25, 0.3) is 0 Å². The lowest BCUT2D eigenvalue weighted by atomic mass is 10.0. The van der Waals surface area contributed by atoms with Gasteiger partial charge in [0.2, 0.25) is 65.0 Å². The van der Waals surface area contributed by atoms with Crippen molar-refractivity contribution in [3.05, 3.63) is 29.8 Å². The first kappa shape index (κ1) is 61.2. The zero-order valence-electron chi connectivity index (χ0n) is 41.1. The Hall–Kier alpha value is -7.11. The second-order valence-corrected chi connectivity index (χ2v) is 18.4. The molecular formula is C45H68N12O16S. The number of aromatic hydroxyl groups is 1. The van der Waals surface area contributed by atoms with Gasteiger partial charge in [0.1, 0.15) is 60.1 Å². The van der Waals surface area contributed by atoms with Crippen LogP contribution in [0.5, 0.6) is 5.75 Å². The average molecular weight is 1070 g/mol. The molecule has 0 aliphatic carbocycles. The van der Waals surface area contributed by atoms with Crippen molar-refractivity contribution in [2.24, 2.45) is 17.2 Å². The maximum absolute atomic E-state index is 14.1. The van der Waals surface area contributed by atoms with Gasteiger partial charge in [-0.2, -0.15) is 12.6 Å². The van der Waals surface area contributed by atoms with E-state index in [4.69, 9.17) is 22.3 Å². The lowest BCUT2D eigenvalue weighted by Crippen LogP contribution is -2.60. The molecule has 74 heavy (non-hydrogen) atoms. The number of amides is 11. The van der Waals surface area contributed by atoms with Crippen LogP contribution in [0.15, 0.2) is 24.3 Å². The number of rotatable bonds is 28. The molecular weight excluding hydrogens is 997 g/mol. The van der Waals surface area contributed by atoms with E-state index in [1.54, 1.807) is 0 Å². The normalized spacial score (nSPS) is 18.9. The number of likely N-dealkylation sites (tertiary alicyclic amines) is 2. The molecule has 11 amide bonds. The van der Waals surface area contributed by atoms with Gasteiger partial charge in [-0.15, -0.1) is 0 Å². The zero-order chi connectivity index (χ0) is 55.6. The molecule has 2 heterocycles. The smallest absolute Gasteiger partial charge is 0.325 e. The first-order valence-electron chi connectivity index (χ1n) is 23.8. The summed E-state index contributed by atoms with van der Waals surface area (Å²) in [5.41, 5.74) is 17.0. The van der Waals surface area contributed by atoms with Gasteiger partial charge in [0, 0.05) is 38.1 Å². The summed E-state index contributed by atoms with van der Waals surface area (Å²) in [5.74, 6) is -11.7. The topological polar surface area (TPSA) is 455 Å². The van der Waals surface area contributed by atoms with E-state index in [9.17, 15) is 72.9 Å². The molecule has 11 atom stereocenters. The highest BCUT2D eigenvalue weighted by molar-refractivity contribution is 7.80. The molecule has 0 radical (unpaired) electrons. The fourth-order valence-corrected chi connectivity index (χ4v) is 8.18. The van der Waals surface area contributed by atoms with Crippen LogP contribution in [0, 0.1) is 0 Å². The van der Waals surface area contributed by atoms with Crippen molar-refractivity contribution in [2.75, 3.05) is 25.4 Å². The number of hydrogen-bond donors (Lipinski definition) is 15. The van der Waals surface area contributed by atoms with Crippen molar-refractivity contribution in [3.63, 3.8) is 0 Å². The Morgan fingerprint density at radius 2 is 1.12 bits per heavy atom. The highest BCUT2D eigenvalue weighted by atomic mass is 32.1. The number of thiol groups is 1. The van der Waals surface area contributed by atoms with E-state index in [0.29, 0.717) is 18.4 Å². The maximum atomic E-state index is 14.1. The molecule has 29 heteroatoms. The summed E-state index contributed by atoms with van der Waals surface area (Å²) in [5, 5.41) is 56.1. The SMILES string of the molecule is C[C@H](NC(=O)[C@H](CS)NC(=O)[C@@H]1CCCN1C(=O)[C@@H](NC(=O)CNC(=O)[C@H](CCC(N)=O)NC(=O)[C@H](CCC(N)=O)NC(=O)[C@H](Cc1ccc(O)cc1)NC(=O)[C@@H]1CCCN1C(=O)[C@@H](N)[C@@H](C)O)[C@@H](C)O)C(=O)O. The number of carbonyl (C=O) groups is 12. The number of phenolic OH excluding ortho intramolecular Hbond substituents is 1. The molecule has 0 saturated carbocycles. The summed E-state index contributed by atoms with van der Waals surface area (Å²) in [7, 11) is 0. The average Bonchev–Trinajstić information content (AvgIpc) is 4.05. The summed E-state index contributed by atoms with van der Waals surface area (Å²) in [6.07, 6.45) is -3.92. The minimum atomic E-state index is -1.68. The van der Waals surface area contributed by atoms with Crippen molar-refractivity contribution in [2.45, 2.75) is 145 Å². The molecule has 0 unspecified atom stereocenters. The van der Waals surface area contributed by atoms with Crippen LogP contribution in [-0.4, -0.2) is 193 Å². The van der Waals surface area contributed by atoms with E-state index in [0.717, 1.165) is 4.90 Å². The fraction of sp³-hybridized carbons (Fsp3) is 0.600. The predicted molar refractivity (Wildman–Crippen MR) is 261 cm³/mol. The van der Waals surface area contributed by atoms with E-state index in [1.807, 2.05) is 0 Å². The highest BCUT2D eigenvalue weighted by Crippen LogP contribution is 2.22. The third-order valence-electron chi connectivity index (χ3n) is 12.1. The lowest BCUT2D eigenvalue weighted by Gasteiger charge is -2.31. The number of carboxylic acids is 1. The fourth-order valence-electron chi connectivity index (χ4n) is 7.92. The minimum Gasteiger partial charge on any atom is -0.508 e. The number of hydrogen-bond acceptors (Lipinski definition) is 17. The van der Waals surface area contributed by atoms with Crippen LogP contribution < -0.4 is 54.4 Å². The Kier molecular flexibility index (Phi) is 23.9. The predicted octanol–water partition coefficient (Wildman–Crippen LogP) is -6.40. The molecule has 2 aliphatic rings. The molecule has 0 aromatic heterocycles. The Bertz CT molecular complexity index is 2240. The monoisotopic (exact) mass is 1060 g/mol. The number of aliphatic hydroxyl groups is 2. The van der Waals surface area contributed by atoms with Gasteiger partial charge >= 0.3 is 5.97 Å². The lowest BCUT2D eigenvalue weighted by molar-refractivity contribution is -0.144. The number of nitrogens with two attached hydrogens (primary N) is 3. The van der Waals surface area contributed by atoms with Crippen LogP contribution >= 0.6 is 12.6 Å². The van der Waals surface area contributed by atoms with Gasteiger partial charge in [0.15, 0.2) is 0 Å². The number of carbonyl (C=O) groups excluding carboxylic acids is 11. The van der Waals surface area contributed by atoms with Crippen molar-refractivity contribution in [1.29, 1.82) is 0 Å². The Morgan fingerprint density at radius 1 is 0.649 bits per heavy atom. The van der Waals surface area contributed by atoms with E-state index < -0.39 is 170 Å². The maximum Gasteiger partial charge on any atom is 0.325 e. The molecule has 1 aromatic rings. The molecule has 2 aliphatic heterocycles. The molecule has 17 N–H and O–H groups in total. The third kappa shape index (κ3) is 18.4. The number of benzene rings is 1. The minimum absolute atomic E-state index is 0.00110. The van der Waals surface area contributed by atoms with Crippen LogP contribution in [0.2, 0.25) is 0 Å².